The molecule has 4 aromatic rings. The predicted molar refractivity (Wildman–Crippen MR) is 162 cm³/mol. The molecule has 0 radical (unpaired) electrons. The molecule has 1 unspecified atom stereocenters. The lowest BCUT2D eigenvalue weighted by molar-refractivity contribution is 0.0639. The number of anilines is 1. The van der Waals surface area contributed by atoms with Gasteiger partial charge >= 0.3 is 0 Å². The third-order valence-electron chi connectivity index (χ3n) is 7.44. The lowest BCUT2D eigenvalue weighted by atomic mass is 10.1. The molecule has 3 heterocycles. The zero-order valence-corrected chi connectivity index (χ0v) is 24.3. The summed E-state index contributed by atoms with van der Waals surface area (Å²) < 4.78 is 7.21. The number of carbonyl (C=O) groups is 1. The van der Waals surface area contributed by atoms with E-state index in [0.29, 0.717) is 52.8 Å². The number of ether oxygens (including phenoxy) is 1. The summed E-state index contributed by atoms with van der Waals surface area (Å²) in [6, 6.07) is 23.9. The summed E-state index contributed by atoms with van der Waals surface area (Å²) in [6.45, 7) is 3.56. The van der Waals surface area contributed by atoms with Crippen molar-refractivity contribution in [1.29, 1.82) is 0 Å². The number of rotatable bonds is 6. The van der Waals surface area contributed by atoms with Crippen molar-refractivity contribution >= 4 is 34.9 Å². The van der Waals surface area contributed by atoms with E-state index in [1.165, 1.54) is 12.7 Å². The third kappa shape index (κ3) is 5.27. The number of fused-ring (bicyclic) bond motifs is 3. The largest absolute Gasteiger partial charge is 0.494 e. The molecule has 1 saturated heterocycles. The fourth-order valence-corrected chi connectivity index (χ4v) is 6.26. The van der Waals surface area contributed by atoms with Gasteiger partial charge in [0.1, 0.15) is 0 Å². The summed E-state index contributed by atoms with van der Waals surface area (Å²) in [5.74, 6) is 7.90. The van der Waals surface area contributed by atoms with Crippen molar-refractivity contribution in [3.05, 3.63) is 111 Å². The van der Waals surface area contributed by atoms with Crippen LogP contribution >= 0.6 is 23.2 Å². The number of aromatic nitrogens is 2. The highest BCUT2D eigenvalue weighted by molar-refractivity contribution is 6.37. The Hall–Kier alpha value is -3.96. The number of hydrogen-bond acceptors (Lipinski definition) is 5. The lowest BCUT2D eigenvalue weighted by Gasteiger charge is -2.38. The van der Waals surface area contributed by atoms with Crippen molar-refractivity contribution in [3.63, 3.8) is 0 Å². The Balaban J connectivity index is 1.43. The number of hydrogen-bond donors (Lipinski definition) is 1. The summed E-state index contributed by atoms with van der Waals surface area (Å²) in [6.07, 6.45) is 0.566. The van der Waals surface area contributed by atoms with Crippen LogP contribution in [0.1, 0.15) is 39.9 Å². The molecule has 2 aliphatic heterocycles. The number of nitrogens with zero attached hydrogens (tertiary/aromatic N) is 4. The molecule has 208 valence electrons. The van der Waals surface area contributed by atoms with Crippen LogP contribution in [-0.4, -0.2) is 52.9 Å². The van der Waals surface area contributed by atoms with E-state index in [1.54, 1.807) is 12.1 Å². The quantitative estimate of drug-likeness (QED) is 0.306. The fourth-order valence-electron chi connectivity index (χ4n) is 5.57. The van der Waals surface area contributed by atoms with E-state index in [4.69, 9.17) is 32.9 Å². The number of nitrogens with one attached hydrogen (secondary N) is 1. The minimum atomic E-state index is -0.281. The van der Waals surface area contributed by atoms with Crippen LogP contribution in [0, 0.1) is 11.8 Å². The van der Waals surface area contributed by atoms with Crippen LogP contribution in [0.4, 0.5) is 5.82 Å². The van der Waals surface area contributed by atoms with E-state index >= 15 is 0 Å². The van der Waals surface area contributed by atoms with E-state index < -0.39 is 0 Å². The molecule has 1 N–H and O–H groups in total. The van der Waals surface area contributed by atoms with Crippen molar-refractivity contribution in [2.45, 2.75) is 32.2 Å². The number of halogens is 2. The van der Waals surface area contributed by atoms with Crippen LogP contribution < -0.4 is 15.0 Å². The molecule has 9 heteroatoms. The lowest BCUT2D eigenvalue weighted by Crippen LogP contribution is -2.57. The molecule has 2 atom stereocenters. The summed E-state index contributed by atoms with van der Waals surface area (Å²) in [7, 11) is 1.53. The Kier molecular flexibility index (Phi) is 7.63. The van der Waals surface area contributed by atoms with Gasteiger partial charge in [-0.2, -0.15) is 0 Å². The smallest absolute Gasteiger partial charge is 0.277 e. The minimum Gasteiger partial charge on any atom is -0.494 e. The number of carbonyl (C=O) groups excluding carboxylic acids is 1. The second-order valence-corrected chi connectivity index (χ2v) is 10.9. The molecule has 2 aliphatic rings. The molecular weight excluding hydrogens is 557 g/mol. The van der Waals surface area contributed by atoms with Crippen molar-refractivity contribution in [2.75, 3.05) is 25.1 Å². The number of benzene rings is 3. The standard InChI is InChI=1S/C32H29Cl2N5O2/c1-3-37-31(40)28-30(39-20-24(35-32(37)39)16-22-12-8-5-9-13-22)36-27(15-14-21-10-6-4-7-11-21)38(28)19-23-17-25(33)29(41-2)26(34)18-23/h4-13,17-18,24,32,35H,3,16,19-20H2,1-2H3/t24-,32?/m1/s1. The molecule has 0 saturated carbocycles. The maximum absolute atomic E-state index is 14.1. The first-order chi connectivity index (χ1) is 20.0. The molecule has 1 fully saturated rings. The first-order valence-corrected chi connectivity index (χ1v) is 14.3. The van der Waals surface area contributed by atoms with Gasteiger partial charge in [-0.1, -0.05) is 77.7 Å². The van der Waals surface area contributed by atoms with E-state index in [1.807, 2.05) is 52.8 Å². The second-order valence-electron chi connectivity index (χ2n) is 10.1. The first kappa shape index (κ1) is 27.2. The number of methoxy groups -OCH3 is 1. The van der Waals surface area contributed by atoms with Crippen molar-refractivity contribution in [3.8, 4) is 17.6 Å². The Morgan fingerprint density at radius 2 is 1.68 bits per heavy atom. The molecule has 6 rings (SSSR count). The van der Waals surface area contributed by atoms with Crippen molar-refractivity contribution in [2.24, 2.45) is 0 Å². The molecule has 1 aromatic heterocycles. The Morgan fingerprint density at radius 1 is 1.00 bits per heavy atom. The van der Waals surface area contributed by atoms with Gasteiger partial charge in [0.05, 0.1) is 23.7 Å². The topological polar surface area (TPSA) is 62.6 Å². The van der Waals surface area contributed by atoms with Crippen molar-refractivity contribution < 1.29 is 9.53 Å². The molecule has 0 bridgehead atoms. The van der Waals surface area contributed by atoms with Gasteiger partial charge in [-0.25, -0.2) is 4.98 Å². The minimum absolute atomic E-state index is 0.0948. The van der Waals surface area contributed by atoms with Crippen LogP contribution in [-0.2, 0) is 13.0 Å². The molecule has 3 aromatic carbocycles. The number of imidazole rings is 1. The van der Waals surface area contributed by atoms with Gasteiger partial charge in [0.2, 0.25) is 0 Å². The first-order valence-electron chi connectivity index (χ1n) is 13.5. The monoisotopic (exact) mass is 585 g/mol. The molecule has 0 aliphatic carbocycles. The Labute approximate surface area is 249 Å². The van der Waals surface area contributed by atoms with Crippen LogP contribution in [0.25, 0.3) is 0 Å². The van der Waals surface area contributed by atoms with E-state index in [0.717, 1.165) is 17.5 Å². The number of amides is 1. The highest BCUT2D eigenvalue weighted by Crippen LogP contribution is 2.37. The fraction of sp³-hybridized carbons (Fsp3) is 0.250. The highest BCUT2D eigenvalue weighted by atomic mass is 35.5. The van der Waals surface area contributed by atoms with Crippen LogP contribution in [0.15, 0.2) is 72.8 Å². The van der Waals surface area contributed by atoms with Gasteiger partial charge in [0.15, 0.2) is 29.4 Å². The van der Waals surface area contributed by atoms with Gasteiger partial charge in [0, 0.05) is 24.7 Å². The summed E-state index contributed by atoms with van der Waals surface area (Å²) in [4.78, 5) is 23.1. The van der Waals surface area contributed by atoms with E-state index in [2.05, 4.69) is 46.3 Å². The third-order valence-corrected chi connectivity index (χ3v) is 8.00. The second kappa shape index (κ2) is 11.5. The Morgan fingerprint density at radius 3 is 2.34 bits per heavy atom. The maximum Gasteiger partial charge on any atom is 0.277 e. The molecular formula is C32H29Cl2N5O2. The SMILES string of the molecule is CCN1C(=O)c2c(nc(C#Cc3ccccc3)n2Cc2cc(Cl)c(OC)c(Cl)c2)N2C[C@@H](Cc3ccccc3)NC12. The maximum atomic E-state index is 14.1. The summed E-state index contributed by atoms with van der Waals surface area (Å²) >= 11 is 13.0. The van der Waals surface area contributed by atoms with Crippen LogP contribution in [0.3, 0.4) is 0 Å². The molecule has 41 heavy (non-hydrogen) atoms. The average Bonchev–Trinajstić information content (AvgIpc) is 3.55. The summed E-state index contributed by atoms with van der Waals surface area (Å²) in [5, 5.41) is 4.47. The van der Waals surface area contributed by atoms with Gasteiger partial charge in [-0.3, -0.25) is 10.1 Å². The normalized spacial score (nSPS) is 17.6. The van der Waals surface area contributed by atoms with Crippen LogP contribution in [0.5, 0.6) is 5.75 Å². The van der Waals surface area contributed by atoms with Gasteiger partial charge in [-0.05, 0) is 54.7 Å². The molecule has 7 nitrogen and oxygen atoms in total. The van der Waals surface area contributed by atoms with Gasteiger partial charge < -0.3 is 19.1 Å². The zero-order valence-electron chi connectivity index (χ0n) is 22.8. The average molecular weight is 587 g/mol. The zero-order chi connectivity index (χ0) is 28.5. The van der Waals surface area contributed by atoms with Crippen molar-refractivity contribution in [1.82, 2.24) is 19.8 Å². The predicted octanol–water partition coefficient (Wildman–Crippen LogP) is 5.43. The van der Waals surface area contributed by atoms with Gasteiger partial charge in [-0.15, -0.1) is 0 Å². The molecule has 0 spiro atoms. The Bertz CT molecular complexity index is 1620. The van der Waals surface area contributed by atoms with E-state index in [-0.39, 0.29) is 18.2 Å². The molecule has 1 amide bonds. The highest BCUT2D eigenvalue weighted by Gasteiger charge is 2.46. The summed E-state index contributed by atoms with van der Waals surface area (Å²) in [5.41, 5.74) is 3.42. The van der Waals surface area contributed by atoms with Crippen LogP contribution in [0.2, 0.25) is 10.0 Å². The van der Waals surface area contributed by atoms with E-state index in [9.17, 15) is 4.79 Å². The van der Waals surface area contributed by atoms with Gasteiger partial charge in [0.25, 0.3) is 5.91 Å².